The first-order valence-corrected chi connectivity index (χ1v) is 8.50. The number of hydrogen-bond acceptors (Lipinski definition) is 8. The first-order chi connectivity index (χ1) is 12.7. The van der Waals surface area contributed by atoms with Crippen LogP contribution < -0.4 is 5.32 Å². The van der Waals surface area contributed by atoms with Crippen molar-refractivity contribution in [3.8, 4) is 0 Å². The van der Waals surface area contributed by atoms with Gasteiger partial charge in [-0.3, -0.25) is 9.69 Å². The molecule has 9 heteroatoms. The zero-order valence-corrected chi connectivity index (χ0v) is 14.7. The number of aryl methyl sites for hydroxylation is 1. The summed E-state index contributed by atoms with van der Waals surface area (Å²) < 4.78 is 0. The van der Waals surface area contributed by atoms with Gasteiger partial charge in [-0.1, -0.05) is 6.42 Å². The Labute approximate surface area is 152 Å². The van der Waals surface area contributed by atoms with Crippen molar-refractivity contribution in [2.24, 2.45) is 0 Å². The number of nitrogens with one attached hydrogen (secondary N) is 1. The Balaban J connectivity index is 0.000000758. The van der Waals surface area contributed by atoms with E-state index in [0.717, 1.165) is 24.5 Å². The first kappa shape index (κ1) is 19.7. The highest BCUT2D eigenvalue weighted by molar-refractivity contribution is 5.48. The fourth-order valence-electron chi connectivity index (χ4n) is 3.03. The minimum absolute atomic E-state index is 0.170. The fraction of sp³-hybridized carbons (Fsp3) is 0.471. The van der Waals surface area contributed by atoms with Gasteiger partial charge in [0, 0.05) is 25.0 Å². The van der Waals surface area contributed by atoms with Gasteiger partial charge in [0.2, 0.25) is 5.95 Å². The molecule has 3 rings (SSSR count). The molecule has 3 N–H and O–H groups in total. The van der Waals surface area contributed by atoms with Crippen molar-refractivity contribution in [1.82, 2.24) is 24.8 Å². The molecular formula is C17H24N6O3. The van der Waals surface area contributed by atoms with Crippen LogP contribution in [0.15, 0.2) is 24.5 Å². The number of aliphatic hydroxyl groups is 1. The summed E-state index contributed by atoms with van der Waals surface area (Å²) >= 11 is 0. The van der Waals surface area contributed by atoms with Gasteiger partial charge < -0.3 is 15.5 Å². The molecule has 0 spiro atoms. The fourth-order valence-corrected chi connectivity index (χ4v) is 3.03. The van der Waals surface area contributed by atoms with Crippen molar-refractivity contribution in [2.75, 3.05) is 25.0 Å². The SMILES string of the molecule is Cc1nc(Nc2ncccn2)cc(C2CCCCN2CCO)n1.O=CO. The van der Waals surface area contributed by atoms with Crippen LogP contribution in [-0.4, -0.2) is 61.2 Å². The Morgan fingerprint density at radius 1 is 1.31 bits per heavy atom. The van der Waals surface area contributed by atoms with Crippen LogP contribution >= 0.6 is 0 Å². The highest BCUT2D eigenvalue weighted by atomic mass is 16.3. The molecule has 140 valence electrons. The normalized spacial score (nSPS) is 17.1. The summed E-state index contributed by atoms with van der Waals surface area (Å²) in [5.74, 6) is 1.94. The molecule has 26 heavy (non-hydrogen) atoms. The van der Waals surface area contributed by atoms with Gasteiger partial charge in [0.05, 0.1) is 18.3 Å². The molecule has 1 aliphatic rings. The average Bonchev–Trinajstić information content (AvgIpc) is 2.63. The second-order valence-electron chi connectivity index (χ2n) is 5.80. The highest BCUT2D eigenvalue weighted by Crippen LogP contribution is 2.30. The van der Waals surface area contributed by atoms with Crippen molar-refractivity contribution in [3.63, 3.8) is 0 Å². The van der Waals surface area contributed by atoms with E-state index in [1.165, 1.54) is 12.8 Å². The maximum Gasteiger partial charge on any atom is 0.290 e. The van der Waals surface area contributed by atoms with E-state index in [4.69, 9.17) is 9.90 Å². The molecule has 3 heterocycles. The number of piperidine rings is 1. The first-order valence-electron chi connectivity index (χ1n) is 8.50. The van der Waals surface area contributed by atoms with Gasteiger partial charge in [-0.15, -0.1) is 0 Å². The van der Waals surface area contributed by atoms with Crippen molar-refractivity contribution in [1.29, 1.82) is 0 Å². The third kappa shape index (κ3) is 5.71. The zero-order chi connectivity index (χ0) is 18.8. The Morgan fingerprint density at radius 3 is 2.73 bits per heavy atom. The molecule has 0 aromatic carbocycles. The molecule has 9 nitrogen and oxygen atoms in total. The monoisotopic (exact) mass is 360 g/mol. The number of aliphatic hydroxyl groups excluding tert-OH is 1. The van der Waals surface area contributed by atoms with Crippen LogP contribution in [0, 0.1) is 6.92 Å². The molecule has 0 saturated carbocycles. The summed E-state index contributed by atoms with van der Waals surface area (Å²) in [6, 6.07) is 3.97. The van der Waals surface area contributed by atoms with Gasteiger partial charge in [0.15, 0.2) is 0 Å². The molecule has 0 aliphatic carbocycles. The molecule has 1 atom stereocenters. The van der Waals surface area contributed by atoms with E-state index in [1.54, 1.807) is 18.5 Å². The molecule has 0 amide bonds. The van der Waals surface area contributed by atoms with Crippen molar-refractivity contribution in [2.45, 2.75) is 32.2 Å². The Hall–Kier alpha value is -2.65. The lowest BCUT2D eigenvalue weighted by Crippen LogP contribution is -2.36. The van der Waals surface area contributed by atoms with Gasteiger partial charge in [-0.25, -0.2) is 19.9 Å². The molecule has 1 aliphatic heterocycles. The number of rotatable bonds is 5. The molecule has 2 aromatic heterocycles. The van der Waals surface area contributed by atoms with E-state index in [1.807, 2.05) is 13.0 Å². The maximum absolute atomic E-state index is 9.28. The summed E-state index contributed by atoms with van der Waals surface area (Å²) in [5, 5.41) is 19.3. The summed E-state index contributed by atoms with van der Waals surface area (Å²) in [6.45, 7) is 3.49. The number of aromatic nitrogens is 4. The minimum atomic E-state index is -0.250. The van der Waals surface area contributed by atoms with E-state index in [-0.39, 0.29) is 19.1 Å². The number of nitrogens with zero attached hydrogens (tertiary/aromatic N) is 5. The predicted octanol–water partition coefficient (Wildman–Crippen LogP) is 1.54. The number of carboxylic acid groups (broad SMARTS) is 1. The molecule has 0 bridgehead atoms. The Bertz CT molecular complexity index is 683. The Morgan fingerprint density at radius 2 is 2.04 bits per heavy atom. The number of likely N-dealkylation sites (tertiary alicyclic amines) is 1. The average molecular weight is 360 g/mol. The number of anilines is 2. The summed E-state index contributed by atoms with van der Waals surface area (Å²) in [7, 11) is 0. The lowest BCUT2D eigenvalue weighted by Gasteiger charge is -2.35. The summed E-state index contributed by atoms with van der Waals surface area (Å²) in [5.41, 5.74) is 0.990. The van der Waals surface area contributed by atoms with Crippen LogP contribution in [0.2, 0.25) is 0 Å². The van der Waals surface area contributed by atoms with E-state index in [2.05, 4.69) is 30.2 Å². The number of carbonyl (C=O) groups is 1. The van der Waals surface area contributed by atoms with Crippen molar-refractivity contribution >= 4 is 18.2 Å². The molecule has 1 unspecified atom stereocenters. The highest BCUT2D eigenvalue weighted by Gasteiger charge is 2.25. The van der Waals surface area contributed by atoms with Gasteiger partial charge in [0.25, 0.3) is 6.47 Å². The molecule has 1 saturated heterocycles. The molecule has 0 radical (unpaired) electrons. The van der Waals surface area contributed by atoms with Crippen LogP contribution in [0.3, 0.4) is 0 Å². The van der Waals surface area contributed by atoms with Crippen molar-refractivity contribution in [3.05, 3.63) is 36.0 Å². The lowest BCUT2D eigenvalue weighted by atomic mass is 9.99. The van der Waals surface area contributed by atoms with Gasteiger partial charge >= 0.3 is 0 Å². The van der Waals surface area contributed by atoms with E-state index >= 15 is 0 Å². The number of β-amino-alcohol motifs (C(OH)–C–C–N with tert-alkyl or cyclic N) is 1. The van der Waals surface area contributed by atoms with Gasteiger partial charge in [-0.05, 0) is 32.4 Å². The maximum atomic E-state index is 9.28. The lowest BCUT2D eigenvalue weighted by molar-refractivity contribution is -0.122. The second kappa shape index (κ2) is 10.4. The van der Waals surface area contributed by atoms with Gasteiger partial charge in [0.1, 0.15) is 11.6 Å². The van der Waals surface area contributed by atoms with Crippen LogP contribution in [0.5, 0.6) is 0 Å². The van der Waals surface area contributed by atoms with E-state index in [0.29, 0.717) is 18.3 Å². The van der Waals surface area contributed by atoms with Crippen molar-refractivity contribution < 1.29 is 15.0 Å². The van der Waals surface area contributed by atoms with E-state index in [9.17, 15) is 5.11 Å². The van der Waals surface area contributed by atoms with Crippen LogP contribution in [-0.2, 0) is 4.79 Å². The molecule has 1 fully saturated rings. The smallest absolute Gasteiger partial charge is 0.290 e. The van der Waals surface area contributed by atoms with Crippen LogP contribution in [0.25, 0.3) is 0 Å². The molecular weight excluding hydrogens is 336 g/mol. The zero-order valence-electron chi connectivity index (χ0n) is 14.7. The van der Waals surface area contributed by atoms with E-state index < -0.39 is 0 Å². The minimum Gasteiger partial charge on any atom is -0.483 e. The standard InChI is InChI=1S/C16H22N6O.CH2O2/c1-12-19-13(14-5-2-3-8-22(14)9-10-23)11-15(20-12)21-16-17-6-4-7-18-16;2-1-3/h4,6-7,11,14,23H,2-3,5,8-10H2,1H3,(H,17,18,19,20,21);1H,(H,2,3). The third-order valence-electron chi connectivity index (χ3n) is 4.01. The Kier molecular flexibility index (Phi) is 7.84. The largest absolute Gasteiger partial charge is 0.483 e. The van der Waals surface area contributed by atoms with Gasteiger partial charge in [-0.2, -0.15) is 0 Å². The quantitative estimate of drug-likeness (QED) is 0.681. The summed E-state index contributed by atoms with van der Waals surface area (Å²) in [4.78, 5) is 28.0. The third-order valence-corrected chi connectivity index (χ3v) is 4.01. The topological polar surface area (TPSA) is 124 Å². The molecule has 2 aromatic rings. The summed E-state index contributed by atoms with van der Waals surface area (Å²) in [6.07, 6.45) is 6.78. The van der Waals surface area contributed by atoms with Crippen LogP contribution in [0.1, 0.15) is 36.8 Å². The van der Waals surface area contributed by atoms with Crippen LogP contribution in [0.4, 0.5) is 11.8 Å². The second-order valence-corrected chi connectivity index (χ2v) is 5.80. The predicted molar refractivity (Wildman–Crippen MR) is 96.0 cm³/mol. The number of hydrogen-bond donors (Lipinski definition) is 3.